The van der Waals surface area contributed by atoms with Crippen molar-refractivity contribution in [2.45, 2.75) is 20.4 Å². The molecule has 0 aliphatic carbocycles. The number of H-pyrrole nitrogens is 1. The summed E-state index contributed by atoms with van der Waals surface area (Å²) < 4.78 is 0. The molecule has 5 heteroatoms. The standard InChI is InChI=1S/C13H17ClN4/c1-9(2)5-15-7-11-8-17-13(18-11)12-4-3-10(14)6-16-12/h3-4,6,8-9,15H,5,7H2,1-2H3,(H,17,18). The highest BCUT2D eigenvalue weighted by atomic mass is 35.5. The average molecular weight is 265 g/mol. The van der Waals surface area contributed by atoms with Gasteiger partial charge in [0.15, 0.2) is 5.82 Å². The number of aromatic amines is 1. The van der Waals surface area contributed by atoms with Gasteiger partial charge in [-0.3, -0.25) is 4.98 Å². The average Bonchev–Trinajstić information content (AvgIpc) is 2.78. The monoisotopic (exact) mass is 264 g/mol. The van der Waals surface area contributed by atoms with Crippen molar-refractivity contribution in [1.82, 2.24) is 20.3 Å². The molecule has 0 atom stereocenters. The number of nitrogens with zero attached hydrogens (tertiary/aromatic N) is 2. The van der Waals surface area contributed by atoms with Gasteiger partial charge in [0.2, 0.25) is 0 Å². The molecule has 2 N–H and O–H groups in total. The summed E-state index contributed by atoms with van der Waals surface area (Å²) in [6.45, 7) is 6.15. The molecule has 2 aromatic rings. The number of rotatable bonds is 5. The molecule has 2 rings (SSSR count). The van der Waals surface area contributed by atoms with Gasteiger partial charge in [0, 0.05) is 18.4 Å². The van der Waals surface area contributed by atoms with Crippen LogP contribution >= 0.6 is 11.6 Å². The summed E-state index contributed by atoms with van der Waals surface area (Å²) in [5.74, 6) is 1.42. The number of imidazole rings is 1. The molecule has 0 aliphatic heterocycles. The second kappa shape index (κ2) is 5.98. The van der Waals surface area contributed by atoms with Crippen LogP contribution in [0.4, 0.5) is 0 Å². The van der Waals surface area contributed by atoms with Crippen LogP contribution < -0.4 is 5.32 Å². The summed E-state index contributed by atoms with van der Waals surface area (Å²) in [5.41, 5.74) is 1.86. The Labute approximate surface area is 112 Å². The summed E-state index contributed by atoms with van der Waals surface area (Å²) in [4.78, 5) is 11.8. The minimum atomic E-state index is 0.629. The first-order valence-corrected chi connectivity index (χ1v) is 6.39. The molecule has 0 fully saturated rings. The van der Waals surface area contributed by atoms with Crippen LogP contribution in [-0.2, 0) is 6.54 Å². The molecular weight excluding hydrogens is 248 g/mol. The van der Waals surface area contributed by atoms with Crippen molar-refractivity contribution in [2.75, 3.05) is 6.54 Å². The minimum absolute atomic E-state index is 0.629. The summed E-state index contributed by atoms with van der Waals surface area (Å²) in [5, 5.41) is 3.99. The topological polar surface area (TPSA) is 53.6 Å². The normalized spacial score (nSPS) is 11.1. The van der Waals surface area contributed by atoms with E-state index in [0.29, 0.717) is 10.9 Å². The number of pyridine rings is 1. The van der Waals surface area contributed by atoms with Crippen molar-refractivity contribution in [3.63, 3.8) is 0 Å². The second-order valence-corrected chi connectivity index (χ2v) is 5.08. The van der Waals surface area contributed by atoms with E-state index in [2.05, 4.69) is 34.1 Å². The lowest BCUT2D eigenvalue weighted by molar-refractivity contribution is 0.549. The molecule has 0 aromatic carbocycles. The van der Waals surface area contributed by atoms with Gasteiger partial charge in [-0.25, -0.2) is 4.98 Å². The zero-order valence-corrected chi connectivity index (χ0v) is 11.3. The Morgan fingerprint density at radius 3 is 2.78 bits per heavy atom. The van der Waals surface area contributed by atoms with Crippen molar-refractivity contribution in [2.24, 2.45) is 5.92 Å². The number of hydrogen-bond acceptors (Lipinski definition) is 3. The van der Waals surface area contributed by atoms with E-state index in [4.69, 9.17) is 11.6 Å². The van der Waals surface area contributed by atoms with E-state index < -0.39 is 0 Å². The van der Waals surface area contributed by atoms with Crippen LogP contribution in [0.15, 0.2) is 24.5 Å². The molecule has 0 bridgehead atoms. The van der Waals surface area contributed by atoms with Crippen molar-refractivity contribution in [3.8, 4) is 11.5 Å². The van der Waals surface area contributed by atoms with Crippen LogP contribution in [0.25, 0.3) is 11.5 Å². The third-order valence-corrected chi connectivity index (χ3v) is 2.69. The molecule has 0 saturated heterocycles. The SMILES string of the molecule is CC(C)CNCc1cnc(-c2ccc(Cl)cn2)[nH]1. The first-order chi connectivity index (χ1) is 8.65. The van der Waals surface area contributed by atoms with E-state index in [1.54, 1.807) is 6.20 Å². The van der Waals surface area contributed by atoms with E-state index in [9.17, 15) is 0 Å². The quantitative estimate of drug-likeness (QED) is 0.873. The van der Waals surface area contributed by atoms with E-state index in [1.807, 2.05) is 18.3 Å². The Kier molecular flexibility index (Phi) is 4.33. The number of halogens is 1. The Hall–Kier alpha value is -1.39. The van der Waals surface area contributed by atoms with Gasteiger partial charge < -0.3 is 10.3 Å². The van der Waals surface area contributed by atoms with Crippen LogP contribution in [0.5, 0.6) is 0 Å². The molecule has 18 heavy (non-hydrogen) atoms. The molecule has 4 nitrogen and oxygen atoms in total. The smallest absolute Gasteiger partial charge is 0.156 e. The van der Waals surface area contributed by atoms with Crippen molar-refractivity contribution in [3.05, 3.63) is 35.2 Å². The summed E-state index contributed by atoms with van der Waals surface area (Å²) >= 11 is 5.80. The van der Waals surface area contributed by atoms with Crippen molar-refractivity contribution < 1.29 is 0 Å². The fourth-order valence-corrected chi connectivity index (χ4v) is 1.70. The highest BCUT2D eigenvalue weighted by Crippen LogP contribution is 2.15. The number of aromatic nitrogens is 3. The zero-order valence-electron chi connectivity index (χ0n) is 10.6. The fraction of sp³-hybridized carbons (Fsp3) is 0.385. The molecule has 2 aromatic heterocycles. The first kappa shape index (κ1) is 13.1. The van der Waals surface area contributed by atoms with E-state index >= 15 is 0 Å². The zero-order chi connectivity index (χ0) is 13.0. The van der Waals surface area contributed by atoms with Gasteiger partial charge in [-0.15, -0.1) is 0 Å². The highest BCUT2D eigenvalue weighted by Gasteiger charge is 2.04. The van der Waals surface area contributed by atoms with E-state index in [-0.39, 0.29) is 0 Å². The third kappa shape index (κ3) is 3.55. The molecule has 0 aliphatic rings. The molecular formula is C13H17ClN4. The Balaban J connectivity index is 1.99. The maximum Gasteiger partial charge on any atom is 0.156 e. The van der Waals surface area contributed by atoms with Gasteiger partial charge >= 0.3 is 0 Å². The third-order valence-electron chi connectivity index (χ3n) is 2.47. The van der Waals surface area contributed by atoms with E-state index in [1.165, 1.54) is 0 Å². The second-order valence-electron chi connectivity index (χ2n) is 4.64. The maximum atomic E-state index is 5.80. The van der Waals surface area contributed by atoms with Gasteiger partial charge in [0.25, 0.3) is 0 Å². The molecule has 0 unspecified atom stereocenters. The minimum Gasteiger partial charge on any atom is -0.339 e. The molecule has 0 spiro atoms. The summed E-state index contributed by atoms with van der Waals surface area (Å²) in [6.07, 6.45) is 3.45. The molecule has 2 heterocycles. The summed E-state index contributed by atoms with van der Waals surface area (Å²) in [6, 6.07) is 3.66. The number of nitrogens with one attached hydrogen (secondary N) is 2. The van der Waals surface area contributed by atoms with Crippen molar-refractivity contribution in [1.29, 1.82) is 0 Å². The molecule has 0 radical (unpaired) electrons. The molecule has 96 valence electrons. The van der Waals surface area contributed by atoms with Gasteiger partial charge in [0.1, 0.15) is 5.69 Å². The van der Waals surface area contributed by atoms with Crippen LogP contribution in [0, 0.1) is 5.92 Å². The predicted octanol–water partition coefficient (Wildman–Crippen LogP) is 2.87. The van der Waals surface area contributed by atoms with Crippen LogP contribution in [0.2, 0.25) is 5.02 Å². The van der Waals surface area contributed by atoms with Gasteiger partial charge in [0.05, 0.1) is 11.2 Å². The van der Waals surface area contributed by atoms with Crippen LogP contribution in [0.3, 0.4) is 0 Å². The highest BCUT2D eigenvalue weighted by molar-refractivity contribution is 6.30. The Morgan fingerprint density at radius 1 is 1.28 bits per heavy atom. The van der Waals surface area contributed by atoms with Gasteiger partial charge in [-0.1, -0.05) is 25.4 Å². The predicted molar refractivity (Wildman–Crippen MR) is 73.4 cm³/mol. The van der Waals surface area contributed by atoms with Crippen LogP contribution in [-0.4, -0.2) is 21.5 Å². The maximum absolute atomic E-state index is 5.80. The fourth-order valence-electron chi connectivity index (χ4n) is 1.59. The summed E-state index contributed by atoms with van der Waals surface area (Å²) in [7, 11) is 0. The molecule has 0 saturated carbocycles. The van der Waals surface area contributed by atoms with Crippen molar-refractivity contribution >= 4 is 11.6 Å². The lowest BCUT2D eigenvalue weighted by Crippen LogP contribution is -2.19. The van der Waals surface area contributed by atoms with Crippen LogP contribution in [0.1, 0.15) is 19.5 Å². The Morgan fingerprint density at radius 2 is 2.11 bits per heavy atom. The lowest BCUT2D eigenvalue weighted by atomic mass is 10.2. The van der Waals surface area contributed by atoms with E-state index in [0.717, 1.165) is 30.3 Å². The lowest BCUT2D eigenvalue weighted by Gasteiger charge is -2.05. The van der Waals surface area contributed by atoms with Gasteiger partial charge in [-0.05, 0) is 24.6 Å². The van der Waals surface area contributed by atoms with Gasteiger partial charge in [-0.2, -0.15) is 0 Å². The molecule has 0 amide bonds. The Bertz CT molecular complexity index is 490. The number of hydrogen-bond donors (Lipinski definition) is 2. The largest absolute Gasteiger partial charge is 0.339 e. The first-order valence-electron chi connectivity index (χ1n) is 6.01.